The van der Waals surface area contributed by atoms with Crippen LogP contribution >= 0.6 is 0 Å². The van der Waals surface area contributed by atoms with Crippen molar-refractivity contribution >= 4 is 27.9 Å². The highest BCUT2D eigenvalue weighted by molar-refractivity contribution is 7.91. The number of aromatic nitrogens is 2. The van der Waals surface area contributed by atoms with Crippen LogP contribution in [0.5, 0.6) is 5.75 Å². The van der Waals surface area contributed by atoms with Gasteiger partial charge in [-0.1, -0.05) is 12.1 Å². The number of fused-ring (bicyclic) bond motifs is 1. The van der Waals surface area contributed by atoms with Crippen LogP contribution in [0.4, 0.5) is 5.69 Å². The maximum Gasteiger partial charge on any atom is 0.327 e. The molecule has 0 aliphatic carbocycles. The molecule has 0 saturated heterocycles. The first-order valence-electron chi connectivity index (χ1n) is 7.80. The standard InChI is InChI=1S/C18H21N3O2S/c1-12(2)23-13-9-10-16(21(3)4)17(11-13)24(22)18-19-14-7-5-6-8-15(14)20-18/h5-12H,1-4H3,(H,19,20). The number of aromatic amines is 1. The second-order valence-corrected chi connectivity index (χ2v) is 7.38. The van der Waals surface area contributed by atoms with E-state index in [-0.39, 0.29) is 6.10 Å². The highest BCUT2D eigenvalue weighted by atomic mass is 32.2. The molecule has 3 rings (SSSR count). The minimum Gasteiger partial charge on any atom is -0.604 e. The molecule has 6 heteroatoms. The Labute approximate surface area is 144 Å². The Hall–Kier alpha value is -2.18. The third kappa shape index (κ3) is 3.34. The normalized spacial score (nSPS) is 12.6. The lowest BCUT2D eigenvalue weighted by molar-refractivity contribution is 0.242. The molecule has 24 heavy (non-hydrogen) atoms. The van der Waals surface area contributed by atoms with E-state index in [1.165, 1.54) is 0 Å². The molecule has 0 saturated carbocycles. The number of hydrogen-bond acceptors (Lipinski definition) is 4. The molecule has 1 atom stereocenters. The zero-order valence-electron chi connectivity index (χ0n) is 14.2. The van der Waals surface area contributed by atoms with Crippen molar-refractivity contribution in [2.45, 2.75) is 30.0 Å². The summed E-state index contributed by atoms with van der Waals surface area (Å²) in [6.45, 7) is 3.94. The second kappa shape index (κ2) is 6.75. The van der Waals surface area contributed by atoms with Crippen LogP contribution in [-0.4, -0.2) is 34.7 Å². The topological polar surface area (TPSA) is 64.2 Å². The fraction of sp³-hybridized carbons (Fsp3) is 0.278. The van der Waals surface area contributed by atoms with Gasteiger partial charge in [-0.3, -0.25) is 4.98 Å². The summed E-state index contributed by atoms with van der Waals surface area (Å²) in [6.07, 6.45) is 0.0580. The van der Waals surface area contributed by atoms with E-state index < -0.39 is 11.2 Å². The van der Waals surface area contributed by atoms with Crippen molar-refractivity contribution in [3.05, 3.63) is 42.5 Å². The smallest absolute Gasteiger partial charge is 0.327 e. The van der Waals surface area contributed by atoms with Gasteiger partial charge in [-0.25, -0.2) is 0 Å². The van der Waals surface area contributed by atoms with Gasteiger partial charge >= 0.3 is 5.16 Å². The predicted molar refractivity (Wildman–Crippen MR) is 97.3 cm³/mol. The van der Waals surface area contributed by atoms with Gasteiger partial charge in [0.05, 0.1) is 34.0 Å². The molecular formula is C18H21N3O2S. The summed E-state index contributed by atoms with van der Waals surface area (Å²) in [5.74, 6) is 0.704. The third-order valence-corrected chi connectivity index (χ3v) is 4.80. The van der Waals surface area contributed by atoms with E-state index in [1.807, 2.05) is 75.3 Å². The summed E-state index contributed by atoms with van der Waals surface area (Å²) in [5.41, 5.74) is 2.56. The van der Waals surface area contributed by atoms with Gasteiger partial charge in [-0.05, 0) is 38.1 Å². The average molecular weight is 343 g/mol. The molecule has 1 N–H and O–H groups in total. The largest absolute Gasteiger partial charge is 0.604 e. The number of imidazole rings is 1. The summed E-state index contributed by atoms with van der Waals surface area (Å²) in [7, 11) is 3.86. The number of H-pyrrole nitrogens is 1. The van der Waals surface area contributed by atoms with Crippen LogP contribution in [0.25, 0.3) is 11.0 Å². The molecule has 126 valence electrons. The Morgan fingerprint density at radius 2 is 1.92 bits per heavy atom. The quantitative estimate of drug-likeness (QED) is 0.719. The third-order valence-electron chi connectivity index (χ3n) is 3.53. The SMILES string of the molecule is CC(C)Oc1ccc(N(C)C)c([S+]([O-])c2nc3ccccc3[nH]2)c1. The van der Waals surface area contributed by atoms with E-state index in [2.05, 4.69) is 9.97 Å². The van der Waals surface area contributed by atoms with E-state index in [9.17, 15) is 4.55 Å². The lowest BCUT2D eigenvalue weighted by atomic mass is 10.3. The van der Waals surface area contributed by atoms with Gasteiger partial charge < -0.3 is 14.2 Å². The molecule has 2 aromatic carbocycles. The highest BCUT2D eigenvalue weighted by Gasteiger charge is 2.25. The Kier molecular flexibility index (Phi) is 4.69. The molecule has 0 bridgehead atoms. The molecule has 1 aromatic heterocycles. The molecule has 0 radical (unpaired) electrons. The van der Waals surface area contributed by atoms with Crippen LogP contribution in [-0.2, 0) is 11.2 Å². The molecule has 5 nitrogen and oxygen atoms in total. The molecule has 0 amide bonds. The van der Waals surface area contributed by atoms with Crippen molar-refractivity contribution < 1.29 is 9.29 Å². The maximum absolute atomic E-state index is 13.1. The summed E-state index contributed by atoms with van der Waals surface area (Å²) >= 11 is -1.43. The first-order valence-corrected chi connectivity index (χ1v) is 8.95. The van der Waals surface area contributed by atoms with Crippen molar-refractivity contribution in [1.29, 1.82) is 0 Å². The Balaban J connectivity index is 2.04. The van der Waals surface area contributed by atoms with Gasteiger partial charge in [-0.2, -0.15) is 4.98 Å². The minimum absolute atomic E-state index is 0.0580. The molecule has 3 aromatic rings. The first-order chi connectivity index (χ1) is 11.5. The molecule has 1 unspecified atom stereocenters. The van der Waals surface area contributed by atoms with Gasteiger partial charge in [0.15, 0.2) is 4.90 Å². The highest BCUT2D eigenvalue weighted by Crippen LogP contribution is 2.32. The summed E-state index contributed by atoms with van der Waals surface area (Å²) in [5, 5.41) is 0.445. The molecule has 0 fully saturated rings. The van der Waals surface area contributed by atoms with Crippen LogP contribution in [0.3, 0.4) is 0 Å². The van der Waals surface area contributed by atoms with Crippen molar-refractivity contribution in [3.8, 4) is 5.75 Å². The number of benzene rings is 2. The van der Waals surface area contributed by atoms with Gasteiger partial charge in [-0.15, -0.1) is 0 Å². The molecule has 0 aliphatic heterocycles. The maximum atomic E-state index is 13.1. The monoisotopic (exact) mass is 343 g/mol. The zero-order valence-corrected chi connectivity index (χ0v) is 15.1. The number of anilines is 1. The zero-order chi connectivity index (χ0) is 17.3. The van der Waals surface area contributed by atoms with Gasteiger partial charge in [0, 0.05) is 20.2 Å². The van der Waals surface area contributed by atoms with E-state index in [0.717, 1.165) is 16.7 Å². The summed E-state index contributed by atoms with van der Waals surface area (Å²) < 4.78 is 18.9. The molecule has 1 heterocycles. The number of ether oxygens (including phenoxy) is 1. The predicted octanol–water partition coefficient (Wildman–Crippen LogP) is 3.58. The van der Waals surface area contributed by atoms with Crippen LogP contribution in [0.2, 0.25) is 0 Å². The fourth-order valence-corrected chi connectivity index (χ4v) is 3.74. The van der Waals surface area contributed by atoms with Crippen LogP contribution in [0, 0.1) is 0 Å². The van der Waals surface area contributed by atoms with E-state index in [0.29, 0.717) is 15.8 Å². The van der Waals surface area contributed by atoms with Crippen LogP contribution in [0.1, 0.15) is 13.8 Å². The van der Waals surface area contributed by atoms with Crippen molar-refractivity contribution in [3.63, 3.8) is 0 Å². The van der Waals surface area contributed by atoms with E-state index in [4.69, 9.17) is 4.74 Å². The average Bonchev–Trinajstić information content (AvgIpc) is 2.97. The molecule has 0 aliphatic rings. The van der Waals surface area contributed by atoms with Gasteiger partial charge in [0.2, 0.25) is 0 Å². The first kappa shape index (κ1) is 16.7. The molecule has 0 spiro atoms. The van der Waals surface area contributed by atoms with Crippen molar-refractivity contribution in [1.82, 2.24) is 9.97 Å². The van der Waals surface area contributed by atoms with Crippen LogP contribution < -0.4 is 9.64 Å². The Bertz CT molecular complexity index is 812. The Morgan fingerprint density at radius 1 is 1.17 bits per heavy atom. The number of para-hydroxylation sites is 2. The molecular weight excluding hydrogens is 322 g/mol. The number of hydrogen-bond donors (Lipinski definition) is 1. The van der Waals surface area contributed by atoms with Crippen molar-refractivity contribution in [2.24, 2.45) is 0 Å². The number of nitrogens with one attached hydrogen (secondary N) is 1. The van der Waals surface area contributed by atoms with E-state index >= 15 is 0 Å². The fourth-order valence-electron chi connectivity index (χ4n) is 2.48. The minimum atomic E-state index is -1.43. The van der Waals surface area contributed by atoms with Crippen LogP contribution in [0.15, 0.2) is 52.5 Å². The number of rotatable bonds is 5. The van der Waals surface area contributed by atoms with Crippen molar-refractivity contribution in [2.75, 3.05) is 19.0 Å². The summed E-state index contributed by atoms with van der Waals surface area (Å²) in [6, 6.07) is 13.3. The lowest BCUT2D eigenvalue weighted by Gasteiger charge is -2.19. The van der Waals surface area contributed by atoms with Gasteiger partial charge in [0.25, 0.3) is 0 Å². The van der Waals surface area contributed by atoms with Gasteiger partial charge in [0.1, 0.15) is 5.75 Å². The van der Waals surface area contributed by atoms with E-state index in [1.54, 1.807) is 0 Å². The Morgan fingerprint density at radius 3 is 2.58 bits per heavy atom. The number of nitrogens with zero attached hydrogens (tertiary/aromatic N) is 2. The summed E-state index contributed by atoms with van der Waals surface area (Å²) in [4.78, 5) is 10.2. The second-order valence-electron chi connectivity index (χ2n) is 6.02. The lowest BCUT2D eigenvalue weighted by Crippen LogP contribution is -2.15.